The summed E-state index contributed by atoms with van der Waals surface area (Å²) in [7, 11) is 1.33. The molecule has 0 aliphatic rings. The summed E-state index contributed by atoms with van der Waals surface area (Å²) in [5.74, 6) is -0.531. The molecule has 20 heavy (non-hydrogen) atoms. The lowest BCUT2D eigenvalue weighted by Crippen LogP contribution is -2.00. The van der Waals surface area contributed by atoms with E-state index in [2.05, 4.69) is 0 Å². The molecule has 0 saturated heterocycles. The van der Waals surface area contributed by atoms with E-state index in [1.54, 1.807) is 6.07 Å². The van der Waals surface area contributed by atoms with Gasteiger partial charge in [-0.3, -0.25) is 4.79 Å². The lowest BCUT2D eigenvalue weighted by Gasteiger charge is -2.06. The van der Waals surface area contributed by atoms with Crippen LogP contribution >= 0.6 is 0 Å². The van der Waals surface area contributed by atoms with E-state index in [-0.39, 0.29) is 5.78 Å². The smallest absolute Gasteiger partial charge is 0.340 e. The maximum atomic E-state index is 11.9. The zero-order valence-electron chi connectivity index (χ0n) is 11.2. The van der Waals surface area contributed by atoms with E-state index >= 15 is 0 Å². The fraction of sp³-hybridized carbons (Fsp3) is 0.125. The summed E-state index contributed by atoms with van der Waals surface area (Å²) in [6.45, 7) is 1.49. The predicted molar refractivity (Wildman–Crippen MR) is 76.2 cm³/mol. The molecule has 0 fully saturated rings. The molecule has 0 spiro atoms. The number of carbonyl (C=O) groups is 2. The molecule has 0 amide bonds. The Balaban J connectivity index is 2.50. The van der Waals surface area contributed by atoms with Crippen LogP contribution < -0.4 is 0 Å². The van der Waals surface area contributed by atoms with Gasteiger partial charge in [0.2, 0.25) is 0 Å². The molecule has 4 heteroatoms. The minimum absolute atomic E-state index is 0.0912. The number of carbonyl (C=O) groups excluding carboxylic acids is 2. The number of pyridine rings is 1. The van der Waals surface area contributed by atoms with Crippen molar-refractivity contribution in [2.45, 2.75) is 6.92 Å². The maximum Gasteiger partial charge on any atom is 0.340 e. The van der Waals surface area contributed by atoms with Gasteiger partial charge >= 0.3 is 5.97 Å². The van der Waals surface area contributed by atoms with Crippen molar-refractivity contribution in [2.75, 3.05) is 7.11 Å². The van der Waals surface area contributed by atoms with Crippen molar-refractivity contribution in [3.05, 3.63) is 53.7 Å². The molecule has 0 atom stereocenters. The number of Topliss-reactive ketones (excluding diaryl/α,β-unsaturated/α-hetero) is 1. The van der Waals surface area contributed by atoms with E-state index in [0.29, 0.717) is 16.8 Å². The second-order valence-electron chi connectivity index (χ2n) is 4.60. The average Bonchev–Trinajstić information content (AvgIpc) is 2.86. The van der Waals surface area contributed by atoms with Gasteiger partial charge in [-0.15, -0.1) is 0 Å². The third-order valence-corrected chi connectivity index (χ3v) is 3.40. The number of ketones is 1. The molecule has 0 saturated carbocycles. The van der Waals surface area contributed by atoms with Crippen molar-refractivity contribution in [2.24, 2.45) is 0 Å². The summed E-state index contributed by atoms with van der Waals surface area (Å²) in [6.07, 6.45) is 0. The van der Waals surface area contributed by atoms with Gasteiger partial charge < -0.3 is 9.14 Å². The molecule has 2 aromatic heterocycles. The Hall–Kier alpha value is -2.62. The highest BCUT2D eigenvalue weighted by Crippen LogP contribution is 2.24. The Kier molecular flexibility index (Phi) is 2.79. The zero-order valence-corrected chi connectivity index (χ0v) is 11.2. The maximum absolute atomic E-state index is 11.9. The first-order valence-electron chi connectivity index (χ1n) is 6.26. The Bertz CT molecular complexity index is 845. The Morgan fingerprint density at radius 1 is 1.05 bits per heavy atom. The monoisotopic (exact) mass is 267 g/mol. The van der Waals surface area contributed by atoms with Crippen LogP contribution in [0.15, 0.2) is 42.5 Å². The van der Waals surface area contributed by atoms with Crippen LogP contribution in [0.2, 0.25) is 0 Å². The molecule has 2 heterocycles. The molecule has 0 bridgehead atoms. The van der Waals surface area contributed by atoms with E-state index in [1.165, 1.54) is 14.0 Å². The number of hydrogen-bond donors (Lipinski definition) is 0. The van der Waals surface area contributed by atoms with Crippen LogP contribution in [-0.4, -0.2) is 23.3 Å². The van der Waals surface area contributed by atoms with Gasteiger partial charge in [-0.1, -0.05) is 24.3 Å². The van der Waals surface area contributed by atoms with E-state index in [4.69, 9.17) is 4.74 Å². The number of methoxy groups -OCH3 is 1. The van der Waals surface area contributed by atoms with Gasteiger partial charge in [0.25, 0.3) is 0 Å². The molecule has 1 aromatic carbocycles. The lowest BCUT2D eigenvalue weighted by atomic mass is 10.2. The normalized spacial score (nSPS) is 10.9. The van der Waals surface area contributed by atoms with Gasteiger partial charge in [-0.2, -0.15) is 0 Å². The fourth-order valence-electron chi connectivity index (χ4n) is 2.48. The Morgan fingerprint density at radius 2 is 1.80 bits per heavy atom. The minimum atomic E-state index is -0.440. The van der Waals surface area contributed by atoms with Crippen LogP contribution in [0.1, 0.15) is 27.8 Å². The van der Waals surface area contributed by atoms with Crippen LogP contribution in [0.5, 0.6) is 0 Å². The van der Waals surface area contributed by atoms with Crippen molar-refractivity contribution in [1.82, 2.24) is 4.40 Å². The van der Waals surface area contributed by atoms with Crippen molar-refractivity contribution < 1.29 is 14.3 Å². The highest BCUT2D eigenvalue weighted by atomic mass is 16.5. The summed E-state index contributed by atoms with van der Waals surface area (Å²) in [5, 5.41) is 1.01. The molecule has 0 radical (unpaired) electrons. The first-order chi connectivity index (χ1) is 9.63. The topological polar surface area (TPSA) is 47.8 Å². The summed E-state index contributed by atoms with van der Waals surface area (Å²) in [4.78, 5) is 23.7. The Labute approximate surface area is 115 Å². The summed E-state index contributed by atoms with van der Waals surface area (Å²) >= 11 is 0. The molecular formula is C16H13NO3. The average molecular weight is 267 g/mol. The highest BCUT2D eigenvalue weighted by Gasteiger charge is 2.19. The summed E-state index contributed by atoms with van der Waals surface area (Å²) < 4.78 is 6.60. The van der Waals surface area contributed by atoms with Crippen molar-refractivity contribution in [3.8, 4) is 0 Å². The van der Waals surface area contributed by atoms with Gasteiger partial charge in [-0.25, -0.2) is 4.79 Å². The number of para-hydroxylation sites is 1. The number of fused-ring (bicyclic) bond motifs is 3. The molecule has 3 rings (SSSR count). The lowest BCUT2D eigenvalue weighted by molar-refractivity contribution is 0.0603. The molecule has 0 aliphatic carbocycles. The van der Waals surface area contributed by atoms with Crippen LogP contribution in [0.3, 0.4) is 0 Å². The molecule has 100 valence electrons. The van der Waals surface area contributed by atoms with E-state index in [9.17, 15) is 9.59 Å². The SMILES string of the molecule is COC(=O)c1cc(C(C)=O)n2c1ccc1ccccc12. The first kappa shape index (κ1) is 12.4. The quantitative estimate of drug-likeness (QED) is 0.529. The summed E-state index contributed by atoms with van der Waals surface area (Å²) in [6, 6.07) is 13.1. The van der Waals surface area contributed by atoms with Gasteiger partial charge in [0.1, 0.15) is 0 Å². The number of rotatable bonds is 2. The molecule has 0 N–H and O–H groups in total. The highest BCUT2D eigenvalue weighted by molar-refractivity contribution is 6.05. The molecule has 0 aliphatic heterocycles. The molecule has 3 aromatic rings. The summed E-state index contributed by atoms with van der Waals surface area (Å²) in [5.41, 5.74) is 2.46. The number of esters is 1. The van der Waals surface area contributed by atoms with Gasteiger partial charge in [-0.05, 0) is 23.6 Å². The first-order valence-corrected chi connectivity index (χ1v) is 6.26. The second kappa shape index (κ2) is 4.49. The van der Waals surface area contributed by atoms with E-state index in [0.717, 1.165) is 10.9 Å². The van der Waals surface area contributed by atoms with Crippen molar-refractivity contribution in [1.29, 1.82) is 0 Å². The number of hydrogen-bond acceptors (Lipinski definition) is 3. The van der Waals surface area contributed by atoms with Gasteiger partial charge in [0.05, 0.1) is 29.4 Å². The number of nitrogens with zero attached hydrogens (tertiary/aromatic N) is 1. The van der Waals surface area contributed by atoms with Crippen LogP contribution in [0.25, 0.3) is 16.4 Å². The van der Waals surface area contributed by atoms with Crippen molar-refractivity contribution >= 4 is 28.2 Å². The largest absolute Gasteiger partial charge is 0.465 e. The van der Waals surface area contributed by atoms with Crippen molar-refractivity contribution in [3.63, 3.8) is 0 Å². The third kappa shape index (κ3) is 1.69. The third-order valence-electron chi connectivity index (χ3n) is 3.40. The number of aromatic nitrogens is 1. The predicted octanol–water partition coefficient (Wildman–Crippen LogP) is 3.08. The molecule has 4 nitrogen and oxygen atoms in total. The standard InChI is InChI=1S/C16H13NO3/c1-10(18)15-9-12(16(19)20-2)14-8-7-11-5-3-4-6-13(11)17(14)15/h3-9H,1-2H3. The number of ether oxygens (including phenoxy) is 1. The number of benzene rings is 1. The molecule has 0 unspecified atom stereocenters. The van der Waals surface area contributed by atoms with Crippen LogP contribution in [0.4, 0.5) is 0 Å². The van der Waals surface area contributed by atoms with Gasteiger partial charge in [0.15, 0.2) is 5.78 Å². The van der Waals surface area contributed by atoms with Crippen LogP contribution in [0, 0.1) is 0 Å². The zero-order chi connectivity index (χ0) is 14.3. The molecular weight excluding hydrogens is 254 g/mol. The Morgan fingerprint density at radius 3 is 2.50 bits per heavy atom. The van der Waals surface area contributed by atoms with E-state index in [1.807, 2.05) is 40.8 Å². The fourth-order valence-corrected chi connectivity index (χ4v) is 2.48. The second-order valence-corrected chi connectivity index (χ2v) is 4.60. The van der Waals surface area contributed by atoms with Gasteiger partial charge in [0, 0.05) is 6.92 Å². The minimum Gasteiger partial charge on any atom is -0.465 e. The van der Waals surface area contributed by atoms with Crippen LogP contribution in [-0.2, 0) is 4.74 Å². The van der Waals surface area contributed by atoms with E-state index < -0.39 is 5.97 Å².